The van der Waals surface area contributed by atoms with Gasteiger partial charge < -0.3 is 14.8 Å². The van der Waals surface area contributed by atoms with Crippen molar-refractivity contribution < 1.29 is 17.9 Å². The molecule has 1 N–H and O–H groups in total. The lowest BCUT2D eigenvalue weighted by Crippen LogP contribution is -2.31. The van der Waals surface area contributed by atoms with Crippen LogP contribution in [0.3, 0.4) is 0 Å². The minimum Gasteiger partial charge on any atom is -0.382 e. The number of hydrogen-bond acceptors (Lipinski definition) is 5. The van der Waals surface area contributed by atoms with Crippen molar-refractivity contribution in [3.63, 3.8) is 0 Å². The van der Waals surface area contributed by atoms with Gasteiger partial charge in [-0.3, -0.25) is 0 Å². The zero-order chi connectivity index (χ0) is 15.3. The van der Waals surface area contributed by atoms with Gasteiger partial charge in [-0.05, 0) is 32.2 Å². The van der Waals surface area contributed by atoms with E-state index in [1.54, 1.807) is 14.0 Å². The minimum atomic E-state index is -2.84. The van der Waals surface area contributed by atoms with Crippen molar-refractivity contribution in [1.29, 1.82) is 0 Å². The Morgan fingerprint density at radius 2 is 1.85 bits per heavy atom. The molecule has 0 aromatic heterocycles. The third kappa shape index (κ3) is 11.6. The van der Waals surface area contributed by atoms with Crippen LogP contribution in [-0.4, -0.2) is 59.4 Å². The predicted octanol–water partition coefficient (Wildman–Crippen LogP) is 1.62. The molecule has 20 heavy (non-hydrogen) atoms. The van der Waals surface area contributed by atoms with Gasteiger partial charge >= 0.3 is 0 Å². The molecule has 0 radical (unpaired) electrons. The summed E-state index contributed by atoms with van der Waals surface area (Å²) >= 11 is 0. The Morgan fingerprint density at radius 1 is 1.10 bits per heavy atom. The Balaban J connectivity index is 3.89. The van der Waals surface area contributed by atoms with E-state index in [0.717, 1.165) is 32.2 Å². The number of sulfone groups is 1. The fraction of sp³-hybridized carbons (Fsp3) is 1.00. The molecule has 0 saturated heterocycles. The highest BCUT2D eigenvalue weighted by Crippen LogP contribution is 2.06. The molecule has 0 amide bonds. The van der Waals surface area contributed by atoms with Crippen LogP contribution in [0.4, 0.5) is 0 Å². The first-order valence-electron chi connectivity index (χ1n) is 7.56. The van der Waals surface area contributed by atoms with Crippen LogP contribution in [0.25, 0.3) is 0 Å². The maximum atomic E-state index is 11.5. The summed E-state index contributed by atoms with van der Waals surface area (Å²) in [5.41, 5.74) is 0. The average Bonchev–Trinajstić information content (AvgIpc) is 2.43. The lowest BCUT2D eigenvalue weighted by molar-refractivity contribution is 0.0654. The van der Waals surface area contributed by atoms with Gasteiger partial charge in [-0.15, -0.1) is 0 Å². The zero-order valence-electron chi connectivity index (χ0n) is 13.2. The highest BCUT2D eigenvalue weighted by Gasteiger charge is 2.11. The largest absolute Gasteiger partial charge is 0.382 e. The maximum absolute atomic E-state index is 11.5. The van der Waals surface area contributed by atoms with Crippen molar-refractivity contribution in [3.05, 3.63) is 0 Å². The molecule has 0 bridgehead atoms. The van der Waals surface area contributed by atoms with Crippen molar-refractivity contribution in [2.24, 2.45) is 0 Å². The molecule has 1 unspecified atom stereocenters. The second kappa shape index (κ2) is 12.6. The van der Waals surface area contributed by atoms with Crippen molar-refractivity contribution in [1.82, 2.24) is 5.32 Å². The van der Waals surface area contributed by atoms with Crippen LogP contribution in [0.2, 0.25) is 0 Å². The molecule has 0 fully saturated rings. The summed E-state index contributed by atoms with van der Waals surface area (Å²) in [7, 11) is -1.19. The molecule has 0 aliphatic rings. The quantitative estimate of drug-likeness (QED) is 0.494. The summed E-state index contributed by atoms with van der Waals surface area (Å²) in [6, 6.07) is 0.338. The van der Waals surface area contributed by atoms with E-state index in [9.17, 15) is 8.42 Å². The average molecular weight is 309 g/mol. The number of rotatable bonds is 14. The molecule has 0 saturated carbocycles. The van der Waals surface area contributed by atoms with Crippen molar-refractivity contribution in [2.45, 2.75) is 45.6 Å². The monoisotopic (exact) mass is 309 g/mol. The molecule has 0 spiro atoms. The Morgan fingerprint density at radius 3 is 2.45 bits per heavy atom. The van der Waals surface area contributed by atoms with Crippen LogP contribution in [0, 0.1) is 0 Å². The van der Waals surface area contributed by atoms with E-state index in [2.05, 4.69) is 12.2 Å². The first-order valence-corrected chi connectivity index (χ1v) is 9.38. The molecule has 0 aromatic carbocycles. The SMILES string of the molecule is CCCNC(CCCS(=O)(=O)CC)CCOCCOC. The Hall–Kier alpha value is -0.170. The molecule has 1 atom stereocenters. The molecule has 0 aromatic rings. The van der Waals surface area contributed by atoms with Crippen molar-refractivity contribution >= 4 is 9.84 Å². The molecule has 5 nitrogen and oxygen atoms in total. The Kier molecular flexibility index (Phi) is 12.5. The normalized spacial score (nSPS) is 13.6. The van der Waals surface area contributed by atoms with Crippen LogP contribution in [0.5, 0.6) is 0 Å². The van der Waals surface area contributed by atoms with E-state index >= 15 is 0 Å². The molecule has 122 valence electrons. The minimum absolute atomic E-state index is 0.236. The van der Waals surface area contributed by atoms with Crippen LogP contribution in [0.1, 0.15) is 39.5 Å². The third-order valence-corrected chi connectivity index (χ3v) is 4.96. The summed E-state index contributed by atoms with van der Waals surface area (Å²) in [6.07, 6.45) is 3.59. The summed E-state index contributed by atoms with van der Waals surface area (Å²) < 4.78 is 33.3. The number of ether oxygens (including phenoxy) is 2. The van der Waals surface area contributed by atoms with Gasteiger partial charge in [0.15, 0.2) is 0 Å². The molecule has 0 aliphatic heterocycles. The molecule has 6 heteroatoms. The van der Waals surface area contributed by atoms with E-state index in [0.29, 0.717) is 31.6 Å². The van der Waals surface area contributed by atoms with Crippen LogP contribution < -0.4 is 5.32 Å². The zero-order valence-corrected chi connectivity index (χ0v) is 14.0. The maximum Gasteiger partial charge on any atom is 0.150 e. The lowest BCUT2D eigenvalue weighted by atomic mass is 10.1. The van der Waals surface area contributed by atoms with Gasteiger partial charge in [0.2, 0.25) is 0 Å². The van der Waals surface area contributed by atoms with Crippen LogP contribution >= 0.6 is 0 Å². The molecular formula is C14H31NO4S. The fourth-order valence-electron chi connectivity index (χ4n) is 1.86. The Labute approximate surface area is 124 Å². The number of nitrogens with one attached hydrogen (secondary N) is 1. The van der Waals surface area contributed by atoms with Crippen molar-refractivity contribution in [2.75, 3.05) is 45.0 Å². The van der Waals surface area contributed by atoms with E-state index in [4.69, 9.17) is 9.47 Å². The van der Waals surface area contributed by atoms with E-state index in [1.807, 2.05) is 0 Å². The summed E-state index contributed by atoms with van der Waals surface area (Å²) in [5.74, 6) is 0.526. The van der Waals surface area contributed by atoms with E-state index < -0.39 is 9.84 Å². The van der Waals surface area contributed by atoms with Crippen LogP contribution in [-0.2, 0) is 19.3 Å². The van der Waals surface area contributed by atoms with E-state index in [1.165, 1.54) is 0 Å². The standard InChI is InChI=1S/C14H31NO4S/c1-4-9-15-14(8-10-19-12-11-18-3)7-6-13-20(16,17)5-2/h14-15H,4-13H2,1-3H3. The summed E-state index contributed by atoms with van der Waals surface area (Å²) in [5, 5.41) is 3.46. The van der Waals surface area contributed by atoms with Gasteiger partial charge in [0.25, 0.3) is 0 Å². The van der Waals surface area contributed by atoms with Gasteiger partial charge in [0.05, 0.1) is 19.0 Å². The molecule has 0 aliphatic carbocycles. The van der Waals surface area contributed by atoms with Gasteiger partial charge in [-0.1, -0.05) is 13.8 Å². The summed E-state index contributed by atoms with van der Waals surface area (Å²) in [6.45, 7) is 6.70. The van der Waals surface area contributed by atoms with Gasteiger partial charge in [-0.25, -0.2) is 8.42 Å². The molecule has 0 heterocycles. The number of methoxy groups -OCH3 is 1. The smallest absolute Gasteiger partial charge is 0.150 e. The molecule has 0 rings (SSSR count). The van der Waals surface area contributed by atoms with E-state index in [-0.39, 0.29) is 5.75 Å². The van der Waals surface area contributed by atoms with Gasteiger partial charge in [0, 0.05) is 25.5 Å². The second-order valence-corrected chi connectivity index (χ2v) is 7.40. The highest BCUT2D eigenvalue weighted by atomic mass is 32.2. The Bertz CT molecular complexity index is 306. The number of hydrogen-bond donors (Lipinski definition) is 1. The van der Waals surface area contributed by atoms with Gasteiger partial charge in [-0.2, -0.15) is 0 Å². The van der Waals surface area contributed by atoms with Crippen molar-refractivity contribution in [3.8, 4) is 0 Å². The van der Waals surface area contributed by atoms with Gasteiger partial charge in [0.1, 0.15) is 9.84 Å². The summed E-state index contributed by atoms with van der Waals surface area (Å²) in [4.78, 5) is 0. The third-order valence-electron chi connectivity index (χ3n) is 3.17. The topological polar surface area (TPSA) is 64.6 Å². The second-order valence-electron chi connectivity index (χ2n) is 4.92. The lowest BCUT2D eigenvalue weighted by Gasteiger charge is -2.18. The fourth-order valence-corrected chi connectivity index (χ4v) is 2.76. The molecular weight excluding hydrogens is 278 g/mol. The first-order chi connectivity index (χ1) is 9.55. The highest BCUT2D eigenvalue weighted by molar-refractivity contribution is 7.91. The first kappa shape index (κ1) is 19.8. The predicted molar refractivity (Wildman–Crippen MR) is 83.0 cm³/mol. The van der Waals surface area contributed by atoms with Crippen LogP contribution in [0.15, 0.2) is 0 Å².